The van der Waals surface area contributed by atoms with Gasteiger partial charge in [-0.3, -0.25) is 0 Å². The highest BCUT2D eigenvalue weighted by Gasteiger charge is 2.43. The lowest BCUT2D eigenvalue weighted by atomic mass is 9.85. The second-order valence-electron chi connectivity index (χ2n) is 7.77. The molecule has 0 spiro atoms. The maximum atomic E-state index is 12.3. The Bertz CT molecular complexity index is 381. The maximum absolute atomic E-state index is 12.3. The van der Waals surface area contributed by atoms with E-state index in [0.717, 1.165) is 45.2 Å². The molecule has 4 unspecified atom stereocenters. The second-order valence-corrected chi connectivity index (χ2v) is 7.77. The zero-order valence-corrected chi connectivity index (χ0v) is 14.5. The highest BCUT2D eigenvalue weighted by molar-refractivity contribution is 5.69. The van der Waals surface area contributed by atoms with Crippen LogP contribution in [0.5, 0.6) is 0 Å². The van der Waals surface area contributed by atoms with Gasteiger partial charge in [0.05, 0.1) is 6.10 Å². The summed E-state index contributed by atoms with van der Waals surface area (Å²) in [6.45, 7) is 9.40. The highest BCUT2D eigenvalue weighted by atomic mass is 16.6. The molecule has 1 heterocycles. The molecule has 1 aliphatic heterocycles. The van der Waals surface area contributed by atoms with Crippen molar-refractivity contribution in [2.45, 2.75) is 83.6 Å². The molecule has 1 aliphatic carbocycles. The van der Waals surface area contributed by atoms with Crippen LogP contribution in [-0.2, 0) is 4.74 Å². The van der Waals surface area contributed by atoms with Crippen LogP contribution < -0.4 is 5.32 Å². The van der Waals surface area contributed by atoms with Crippen molar-refractivity contribution in [2.24, 2.45) is 5.92 Å². The fourth-order valence-electron chi connectivity index (χ4n) is 3.58. The third-order valence-corrected chi connectivity index (χ3v) is 4.81. The Labute approximate surface area is 134 Å². The minimum absolute atomic E-state index is 0.165. The van der Waals surface area contributed by atoms with Gasteiger partial charge in [-0.05, 0) is 65.3 Å². The zero-order valence-electron chi connectivity index (χ0n) is 14.5. The van der Waals surface area contributed by atoms with E-state index in [1.165, 1.54) is 0 Å². The summed E-state index contributed by atoms with van der Waals surface area (Å²) < 4.78 is 5.53. The van der Waals surface area contributed by atoms with E-state index in [-0.39, 0.29) is 12.2 Å². The average Bonchev–Trinajstić information content (AvgIpc) is 2.77. The van der Waals surface area contributed by atoms with Gasteiger partial charge in [-0.25, -0.2) is 4.79 Å². The Morgan fingerprint density at radius 1 is 1.41 bits per heavy atom. The van der Waals surface area contributed by atoms with E-state index in [0.29, 0.717) is 18.0 Å². The quantitative estimate of drug-likeness (QED) is 0.819. The van der Waals surface area contributed by atoms with E-state index in [4.69, 9.17) is 4.74 Å². The summed E-state index contributed by atoms with van der Waals surface area (Å²) in [5.74, 6) is 0.519. The van der Waals surface area contributed by atoms with Crippen LogP contribution in [0.15, 0.2) is 0 Å². The molecule has 1 saturated heterocycles. The molecular formula is C17H32N2O3. The predicted octanol–water partition coefficient (Wildman–Crippen LogP) is 2.53. The van der Waals surface area contributed by atoms with Crippen molar-refractivity contribution >= 4 is 6.09 Å². The summed E-state index contributed by atoms with van der Waals surface area (Å²) in [5.41, 5.74) is -0.429. The fraction of sp³-hybridized carbons (Fsp3) is 0.941. The Kier molecular flexibility index (Phi) is 5.72. The van der Waals surface area contributed by atoms with Crippen LogP contribution in [0.2, 0.25) is 0 Å². The fourth-order valence-corrected chi connectivity index (χ4v) is 3.58. The molecule has 22 heavy (non-hydrogen) atoms. The number of nitrogens with one attached hydrogen (secondary N) is 1. The van der Waals surface area contributed by atoms with Gasteiger partial charge in [0.1, 0.15) is 5.60 Å². The summed E-state index contributed by atoms with van der Waals surface area (Å²) in [6, 6.07) is 0.812. The number of hydrogen-bond acceptors (Lipinski definition) is 4. The SMILES string of the molecule is CCC(O)CCNC1CCC2CC1CN2C(=O)OC(C)(C)C. The van der Waals surface area contributed by atoms with E-state index in [2.05, 4.69) is 5.32 Å². The van der Waals surface area contributed by atoms with Gasteiger partial charge in [0.15, 0.2) is 0 Å². The van der Waals surface area contributed by atoms with Crippen LogP contribution in [-0.4, -0.2) is 53.0 Å². The van der Waals surface area contributed by atoms with Crippen molar-refractivity contribution in [1.29, 1.82) is 0 Å². The van der Waals surface area contributed by atoms with Crippen molar-refractivity contribution in [3.05, 3.63) is 0 Å². The molecule has 2 rings (SSSR count). The van der Waals surface area contributed by atoms with Gasteiger partial charge >= 0.3 is 6.09 Å². The van der Waals surface area contributed by atoms with Crippen LogP contribution in [0.1, 0.15) is 59.8 Å². The minimum atomic E-state index is -0.429. The van der Waals surface area contributed by atoms with Crippen LogP contribution in [0.3, 0.4) is 0 Å². The monoisotopic (exact) mass is 312 g/mol. The number of fused-ring (bicyclic) bond motifs is 2. The lowest BCUT2D eigenvalue weighted by molar-refractivity contribution is 0.0223. The first-order valence-corrected chi connectivity index (χ1v) is 8.71. The van der Waals surface area contributed by atoms with E-state index in [9.17, 15) is 9.90 Å². The molecule has 2 fully saturated rings. The van der Waals surface area contributed by atoms with E-state index < -0.39 is 5.60 Å². The first-order valence-electron chi connectivity index (χ1n) is 8.71. The van der Waals surface area contributed by atoms with Gasteiger partial charge < -0.3 is 20.1 Å². The van der Waals surface area contributed by atoms with Gasteiger partial charge in [0.2, 0.25) is 0 Å². The number of rotatable bonds is 5. The molecule has 0 aromatic carbocycles. The molecule has 2 bridgehead atoms. The predicted molar refractivity (Wildman–Crippen MR) is 86.8 cm³/mol. The van der Waals surface area contributed by atoms with Crippen LogP contribution in [0.4, 0.5) is 4.79 Å². The third kappa shape index (κ3) is 4.59. The number of aliphatic hydroxyl groups excluding tert-OH is 1. The Balaban J connectivity index is 1.82. The summed E-state index contributed by atoms with van der Waals surface area (Å²) in [7, 11) is 0. The number of carbonyl (C=O) groups is 1. The van der Waals surface area contributed by atoms with Crippen LogP contribution in [0.25, 0.3) is 0 Å². The first-order chi connectivity index (χ1) is 10.3. The largest absolute Gasteiger partial charge is 0.444 e. The summed E-state index contributed by atoms with van der Waals surface area (Å²) in [4.78, 5) is 14.2. The molecule has 0 aromatic heterocycles. The topological polar surface area (TPSA) is 61.8 Å². The Morgan fingerprint density at radius 3 is 2.77 bits per heavy atom. The van der Waals surface area contributed by atoms with Crippen LogP contribution >= 0.6 is 0 Å². The zero-order chi connectivity index (χ0) is 16.3. The normalized spacial score (nSPS) is 29.5. The van der Waals surface area contributed by atoms with E-state index >= 15 is 0 Å². The van der Waals surface area contributed by atoms with E-state index in [1.54, 1.807) is 0 Å². The van der Waals surface area contributed by atoms with Gasteiger partial charge in [-0.2, -0.15) is 0 Å². The number of ether oxygens (including phenoxy) is 1. The average molecular weight is 312 g/mol. The van der Waals surface area contributed by atoms with Crippen molar-refractivity contribution in [2.75, 3.05) is 13.1 Å². The van der Waals surface area contributed by atoms with Crippen molar-refractivity contribution in [3.8, 4) is 0 Å². The second kappa shape index (κ2) is 7.18. The number of amides is 1. The van der Waals surface area contributed by atoms with Gasteiger partial charge in [-0.15, -0.1) is 0 Å². The summed E-state index contributed by atoms with van der Waals surface area (Å²) in [5, 5.41) is 13.2. The van der Waals surface area contributed by atoms with Crippen molar-refractivity contribution in [3.63, 3.8) is 0 Å². The molecule has 5 heteroatoms. The Morgan fingerprint density at radius 2 is 2.14 bits per heavy atom. The molecule has 1 saturated carbocycles. The molecule has 5 nitrogen and oxygen atoms in total. The summed E-state index contributed by atoms with van der Waals surface area (Å²) >= 11 is 0. The van der Waals surface area contributed by atoms with Crippen LogP contribution in [0, 0.1) is 5.92 Å². The van der Waals surface area contributed by atoms with Gasteiger partial charge in [-0.1, -0.05) is 6.92 Å². The number of hydrogen-bond donors (Lipinski definition) is 2. The van der Waals surface area contributed by atoms with Gasteiger partial charge in [0, 0.05) is 18.6 Å². The highest BCUT2D eigenvalue weighted by Crippen LogP contribution is 2.36. The Hall–Kier alpha value is -0.810. The molecule has 0 aromatic rings. The molecular weight excluding hydrogens is 280 g/mol. The molecule has 128 valence electrons. The molecule has 2 N–H and O–H groups in total. The number of nitrogens with zero attached hydrogens (tertiary/aromatic N) is 1. The lowest BCUT2D eigenvalue weighted by Gasteiger charge is -2.30. The maximum Gasteiger partial charge on any atom is 0.410 e. The van der Waals surface area contributed by atoms with E-state index in [1.807, 2.05) is 32.6 Å². The van der Waals surface area contributed by atoms with Gasteiger partial charge in [0.25, 0.3) is 0 Å². The number of carbonyl (C=O) groups excluding carboxylic acids is 1. The molecule has 1 amide bonds. The smallest absolute Gasteiger partial charge is 0.410 e. The van der Waals surface area contributed by atoms with Crippen molar-refractivity contribution in [1.82, 2.24) is 10.2 Å². The molecule has 0 radical (unpaired) electrons. The molecule has 2 aliphatic rings. The standard InChI is InChI=1S/C17H32N2O3/c1-5-14(20)8-9-18-15-7-6-13-10-12(15)11-19(13)16(21)22-17(2,3)4/h12-15,18,20H,5-11H2,1-4H3. The first kappa shape index (κ1) is 17.5. The third-order valence-electron chi connectivity index (χ3n) is 4.81. The number of aliphatic hydroxyl groups is 1. The van der Waals surface area contributed by atoms with Crippen molar-refractivity contribution < 1.29 is 14.6 Å². The lowest BCUT2D eigenvalue weighted by Crippen LogP contribution is -2.40. The summed E-state index contributed by atoms with van der Waals surface area (Å²) in [6.07, 6.45) is 4.48. The molecule has 4 atom stereocenters. The minimum Gasteiger partial charge on any atom is -0.444 e. The number of likely N-dealkylation sites (tertiary alicyclic amines) is 1.